The molecule has 0 aliphatic rings. The molecule has 0 aliphatic carbocycles. The highest BCUT2D eigenvalue weighted by Crippen LogP contribution is 2.31. The zero-order chi connectivity index (χ0) is 25.9. The van der Waals surface area contributed by atoms with E-state index in [2.05, 4.69) is 4.84 Å². The normalized spacial score (nSPS) is 11.2. The number of para-hydroxylation sites is 1. The molecule has 36 heavy (non-hydrogen) atoms. The number of carbonyl (C=O) groups excluding carboxylic acids is 1. The minimum atomic E-state index is -0.897. The number of benzene rings is 3. The second-order valence-corrected chi connectivity index (χ2v) is 7.36. The van der Waals surface area contributed by atoms with Gasteiger partial charge in [-0.25, -0.2) is 0 Å². The molecule has 8 nitrogen and oxygen atoms in total. The van der Waals surface area contributed by atoms with Crippen LogP contribution < -0.4 is 19.0 Å². The number of rotatable bonds is 11. The van der Waals surface area contributed by atoms with Gasteiger partial charge in [-0.1, -0.05) is 42.5 Å². The van der Waals surface area contributed by atoms with Crippen LogP contribution in [0.4, 0.5) is 0 Å². The van der Waals surface area contributed by atoms with E-state index in [-0.39, 0.29) is 11.5 Å². The smallest absolute Gasteiger partial charge is 0.299 e. The average Bonchev–Trinajstić information content (AvgIpc) is 2.89. The maximum absolute atomic E-state index is 12.6. The highest BCUT2D eigenvalue weighted by atomic mass is 17.0. The predicted octanol–water partition coefficient (Wildman–Crippen LogP) is 5.75. The van der Waals surface area contributed by atoms with Gasteiger partial charge in [0.2, 0.25) is 0 Å². The van der Waals surface area contributed by atoms with Crippen LogP contribution in [-0.2, 0) is 4.79 Å². The fraction of sp³-hybridized carbons (Fsp3) is 0.107. The van der Waals surface area contributed by atoms with Gasteiger partial charge in [0.05, 0.1) is 21.3 Å². The minimum absolute atomic E-state index is 0.0401. The van der Waals surface area contributed by atoms with E-state index in [0.29, 0.717) is 22.6 Å². The van der Waals surface area contributed by atoms with Crippen molar-refractivity contribution in [2.45, 2.75) is 0 Å². The lowest BCUT2D eigenvalue weighted by Crippen LogP contribution is -2.04. The van der Waals surface area contributed by atoms with Crippen molar-refractivity contribution in [1.82, 2.24) is 0 Å². The summed E-state index contributed by atoms with van der Waals surface area (Å²) in [5, 5.41) is 9.78. The second-order valence-electron chi connectivity index (χ2n) is 7.36. The molecule has 8 heteroatoms. The Bertz CT molecular complexity index is 1310. The Morgan fingerprint density at radius 1 is 0.750 bits per heavy atom. The van der Waals surface area contributed by atoms with Gasteiger partial charge in [-0.2, -0.15) is 0 Å². The lowest BCUT2D eigenvalue weighted by molar-refractivity contribution is -0.711. The molecule has 0 atom stereocenters. The number of nitrogens with zero attached hydrogens (tertiary/aromatic N) is 1. The molecule has 0 fully saturated rings. The van der Waals surface area contributed by atoms with Crippen LogP contribution in [0.3, 0.4) is 0 Å². The first kappa shape index (κ1) is 25.8. The highest BCUT2D eigenvalue weighted by Gasteiger charge is 2.09. The van der Waals surface area contributed by atoms with Crippen LogP contribution in [0.2, 0.25) is 0 Å². The van der Waals surface area contributed by atoms with E-state index in [4.69, 9.17) is 14.2 Å². The summed E-state index contributed by atoms with van der Waals surface area (Å²) in [7, 11) is 4.72. The van der Waals surface area contributed by atoms with Gasteiger partial charge in [-0.15, -0.1) is 10.1 Å². The quantitative estimate of drug-likeness (QED) is 0.147. The monoisotopic (exact) mass is 487 g/mol. The number of ketones is 1. The van der Waals surface area contributed by atoms with Crippen molar-refractivity contribution >= 4 is 30.1 Å². The van der Waals surface area contributed by atoms with E-state index in [9.17, 15) is 14.9 Å². The zero-order valence-electron chi connectivity index (χ0n) is 20.0. The first-order valence-electron chi connectivity index (χ1n) is 10.8. The number of hydrogen-bond acceptors (Lipinski definition) is 7. The summed E-state index contributed by atoms with van der Waals surface area (Å²) >= 11 is 0. The van der Waals surface area contributed by atoms with E-state index in [1.54, 1.807) is 44.6 Å². The fourth-order valence-electron chi connectivity index (χ4n) is 3.30. The molecule has 0 bridgehead atoms. The Labute approximate surface area is 208 Å². The van der Waals surface area contributed by atoms with Crippen molar-refractivity contribution < 1.29 is 28.9 Å². The number of allylic oxidation sites excluding steroid dienone is 2. The van der Waals surface area contributed by atoms with Crippen molar-refractivity contribution in [3.05, 3.63) is 105 Å². The zero-order valence-corrected chi connectivity index (χ0v) is 20.0. The summed E-state index contributed by atoms with van der Waals surface area (Å²) in [5.41, 5.74) is 2.82. The minimum Gasteiger partial charge on any atom is -0.497 e. The van der Waals surface area contributed by atoms with E-state index in [1.165, 1.54) is 31.4 Å². The van der Waals surface area contributed by atoms with Gasteiger partial charge in [0.25, 0.3) is 5.09 Å². The molecule has 0 radical (unpaired) electrons. The van der Waals surface area contributed by atoms with Crippen LogP contribution in [-0.4, -0.2) is 32.2 Å². The van der Waals surface area contributed by atoms with Crippen molar-refractivity contribution in [2.24, 2.45) is 0 Å². The largest absolute Gasteiger partial charge is 0.497 e. The Balaban J connectivity index is 1.88. The molecule has 3 rings (SSSR count). The third-order valence-corrected chi connectivity index (χ3v) is 5.11. The average molecular weight is 488 g/mol. The number of carbonyl (C=O) groups is 1. The van der Waals surface area contributed by atoms with Crippen LogP contribution in [0.5, 0.6) is 23.0 Å². The standard InChI is InChI=1S/C28H25NO7/c1-33-24-15-9-20(10-16-24)8-11-22-18-25(34-2)19-28(35-3)26(22)17-14-23(30)13-12-21-6-4-5-7-27(21)36-29(31)32/h4-19H,1-3H3/b11-8+,13-12+,17-14+. The van der Waals surface area contributed by atoms with Crippen molar-refractivity contribution in [3.8, 4) is 23.0 Å². The molecular formula is C28H25NO7. The molecule has 0 heterocycles. The van der Waals surface area contributed by atoms with Crippen molar-refractivity contribution in [2.75, 3.05) is 21.3 Å². The Kier molecular flexibility index (Phi) is 9.00. The fourth-order valence-corrected chi connectivity index (χ4v) is 3.30. The van der Waals surface area contributed by atoms with Gasteiger partial charge in [-0.05, 0) is 59.7 Å². The Hall–Kier alpha value is -4.85. The Morgan fingerprint density at radius 3 is 2.11 bits per heavy atom. The second kappa shape index (κ2) is 12.6. The van der Waals surface area contributed by atoms with Gasteiger partial charge in [-0.3, -0.25) is 9.63 Å². The molecule has 3 aromatic rings. The lowest BCUT2D eigenvalue weighted by atomic mass is 10.0. The van der Waals surface area contributed by atoms with Gasteiger partial charge in [0.15, 0.2) is 5.78 Å². The molecule has 0 aliphatic heterocycles. The molecule has 184 valence electrons. The summed E-state index contributed by atoms with van der Waals surface area (Å²) in [6.45, 7) is 0. The summed E-state index contributed by atoms with van der Waals surface area (Å²) in [6.07, 6.45) is 9.64. The maximum atomic E-state index is 12.6. The summed E-state index contributed by atoms with van der Waals surface area (Å²) in [6, 6.07) is 17.5. The third kappa shape index (κ3) is 7.07. The van der Waals surface area contributed by atoms with E-state index >= 15 is 0 Å². The molecule has 0 saturated carbocycles. The van der Waals surface area contributed by atoms with E-state index < -0.39 is 5.09 Å². The van der Waals surface area contributed by atoms with Crippen molar-refractivity contribution in [3.63, 3.8) is 0 Å². The van der Waals surface area contributed by atoms with Crippen LogP contribution in [0.25, 0.3) is 24.3 Å². The van der Waals surface area contributed by atoms with Crippen LogP contribution in [0.1, 0.15) is 22.3 Å². The summed E-state index contributed by atoms with van der Waals surface area (Å²) < 4.78 is 16.1. The molecular weight excluding hydrogens is 462 g/mol. The first-order chi connectivity index (χ1) is 17.4. The predicted molar refractivity (Wildman–Crippen MR) is 139 cm³/mol. The van der Waals surface area contributed by atoms with E-state index in [0.717, 1.165) is 16.9 Å². The van der Waals surface area contributed by atoms with Crippen LogP contribution in [0, 0.1) is 10.1 Å². The topological polar surface area (TPSA) is 97.1 Å². The van der Waals surface area contributed by atoms with Crippen molar-refractivity contribution in [1.29, 1.82) is 0 Å². The van der Waals surface area contributed by atoms with Gasteiger partial charge >= 0.3 is 0 Å². The van der Waals surface area contributed by atoms with Gasteiger partial charge in [0, 0.05) is 17.2 Å². The third-order valence-electron chi connectivity index (χ3n) is 5.11. The molecule has 0 amide bonds. The molecule has 3 aromatic carbocycles. The molecule has 0 spiro atoms. The lowest BCUT2D eigenvalue weighted by Gasteiger charge is -2.11. The van der Waals surface area contributed by atoms with Crippen LogP contribution >= 0.6 is 0 Å². The first-order valence-corrected chi connectivity index (χ1v) is 10.8. The SMILES string of the molecule is COc1ccc(/C=C/c2cc(OC)cc(OC)c2/C=C/C(=O)/C=C/c2ccccc2O[N+](=O)[O-])cc1. The highest BCUT2D eigenvalue weighted by molar-refractivity contribution is 6.05. The van der Waals surface area contributed by atoms with E-state index in [1.807, 2.05) is 42.5 Å². The number of ether oxygens (including phenoxy) is 3. The maximum Gasteiger partial charge on any atom is 0.299 e. The molecule has 0 saturated heterocycles. The number of methoxy groups -OCH3 is 3. The van der Waals surface area contributed by atoms with Gasteiger partial charge in [0.1, 0.15) is 23.0 Å². The summed E-state index contributed by atoms with van der Waals surface area (Å²) in [5.74, 6) is 1.61. The van der Waals surface area contributed by atoms with Crippen LogP contribution in [0.15, 0.2) is 72.8 Å². The molecule has 0 N–H and O–H groups in total. The Morgan fingerprint density at radius 2 is 1.44 bits per heavy atom. The number of hydrogen-bond donors (Lipinski definition) is 0. The molecule has 0 aromatic heterocycles. The molecule has 0 unspecified atom stereocenters. The summed E-state index contributed by atoms with van der Waals surface area (Å²) in [4.78, 5) is 27.8. The van der Waals surface area contributed by atoms with Gasteiger partial charge < -0.3 is 14.2 Å².